The van der Waals surface area contributed by atoms with Crippen LogP contribution in [0.2, 0.25) is 0 Å². The van der Waals surface area contributed by atoms with Gasteiger partial charge in [-0.2, -0.15) is 0 Å². The molecule has 0 amide bonds. The number of imidazole rings is 1. The van der Waals surface area contributed by atoms with E-state index >= 15 is 0 Å². The average Bonchev–Trinajstić information content (AvgIpc) is 3.24. The first-order chi connectivity index (χ1) is 15.5. The Balaban J connectivity index is 1.23. The highest BCUT2D eigenvalue weighted by atomic mass is 16.5. The van der Waals surface area contributed by atoms with Crippen molar-refractivity contribution in [1.29, 1.82) is 0 Å². The first-order valence-electron chi connectivity index (χ1n) is 11.2. The van der Waals surface area contributed by atoms with Crippen LogP contribution in [0.1, 0.15) is 39.5 Å². The molecule has 1 aromatic carbocycles. The second-order valence-electron chi connectivity index (χ2n) is 9.16. The molecular weight excluding hydrogens is 400 g/mol. The maximum atomic E-state index is 10.2. The zero-order valence-corrected chi connectivity index (χ0v) is 18.5. The van der Waals surface area contributed by atoms with Gasteiger partial charge in [-0.25, -0.2) is 9.97 Å². The fraction of sp³-hybridized carbons (Fsp3) is 0.346. The van der Waals surface area contributed by atoms with Gasteiger partial charge in [-0.15, -0.1) is 0 Å². The number of fused-ring (bicyclic) bond motifs is 1. The predicted octanol–water partition coefficient (Wildman–Crippen LogP) is 5.40. The molecule has 1 aliphatic carbocycles. The highest BCUT2D eigenvalue weighted by Gasteiger charge is 2.32. The number of ether oxygens (including phenoxy) is 1. The Bertz CT molecular complexity index is 1150. The molecule has 6 nitrogen and oxygen atoms in total. The van der Waals surface area contributed by atoms with Crippen LogP contribution in [-0.2, 0) is 0 Å². The molecular formula is C26H28N4O2. The van der Waals surface area contributed by atoms with E-state index in [0.717, 1.165) is 59.4 Å². The number of aromatic amines is 1. The van der Waals surface area contributed by atoms with Crippen molar-refractivity contribution in [2.45, 2.75) is 51.2 Å². The van der Waals surface area contributed by atoms with E-state index in [-0.39, 0.29) is 6.10 Å². The van der Waals surface area contributed by atoms with Crippen molar-refractivity contribution in [2.75, 3.05) is 0 Å². The lowest BCUT2D eigenvalue weighted by Crippen LogP contribution is -2.36. The van der Waals surface area contributed by atoms with Crippen LogP contribution in [0.5, 0.6) is 5.88 Å². The van der Waals surface area contributed by atoms with E-state index in [1.54, 1.807) is 6.20 Å². The summed E-state index contributed by atoms with van der Waals surface area (Å²) in [5, 5.41) is 10.2. The van der Waals surface area contributed by atoms with E-state index < -0.39 is 5.60 Å². The summed E-state index contributed by atoms with van der Waals surface area (Å²) in [6, 6.07) is 15.9. The van der Waals surface area contributed by atoms with Crippen LogP contribution in [0.15, 0.2) is 60.9 Å². The highest BCUT2D eigenvalue weighted by Crippen LogP contribution is 2.34. The molecule has 164 valence electrons. The van der Waals surface area contributed by atoms with Gasteiger partial charge in [0.05, 0.1) is 22.3 Å². The molecule has 5 rings (SSSR count). The Kier molecular flexibility index (Phi) is 5.39. The summed E-state index contributed by atoms with van der Waals surface area (Å²) in [5.41, 5.74) is 4.09. The van der Waals surface area contributed by atoms with Crippen LogP contribution in [0, 0.1) is 5.92 Å². The number of hydrogen-bond acceptors (Lipinski definition) is 5. The Morgan fingerprint density at radius 1 is 0.906 bits per heavy atom. The summed E-state index contributed by atoms with van der Waals surface area (Å²) in [6.07, 6.45) is 7.65. The molecule has 0 atom stereocenters. The molecule has 0 unspecified atom stereocenters. The SMILES string of the molecule is CC(C)(O)C1CCC(Oc2ccc(-c3ccc(-c4nc5ccccc5[nH]4)cn3)cn2)CC1. The third-order valence-corrected chi connectivity index (χ3v) is 6.42. The Morgan fingerprint density at radius 3 is 2.31 bits per heavy atom. The maximum absolute atomic E-state index is 10.2. The smallest absolute Gasteiger partial charge is 0.213 e. The molecule has 0 radical (unpaired) electrons. The quantitative estimate of drug-likeness (QED) is 0.445. The number of benzene rings is 1. The normalized spacial score (nSPS) is 19.2. The van der Waals surface area contributed by atoms with Crippen molar-refractivity contribution in [2.24, 2.45) is 5.92 Å². The molecule has 0 aliphatic heterocycles. The summed E-state index contributed by atoms with van der Waals surface area (Å²) in [6.45, 7) is 3.80. The molecule has 0 saturated heterocycles. The number of hydrogen-bond donors (Lipinski definition) is 2. The summed E-state index contributed by atoms with van der Waals surface area (Å²) < 4.78 is 6.09. The summed E-state index contributed by atoms with van der Waals surface area (Å²) in [5.74, 6) is 1.79. The van der Waals surface area contributed by atoms with Crippen LogP contribution in [-0.4, -0.2) is 36.7 Å². The zero-order chi connectivity index (χ0) is 22.1. The van der Waals surface area contributed by atoms with Gasteiger partial charge >= 0.3 is 0 Å². The van der Waals surface area contributed by atoms with E-state index in [9.17, 15) is 5.11 Å². The minimum Gasteiger partial charge on any atom is -0.474 e. The topological polar surface area (TPSA) is 83.9 Å². The van der Waals surface area contributed by atoms with Crippen LogP contribution in [0.3, 0.4) is 0 Å². The van der Waals surface area contributed by atoms with Crippen molar-refractivity contribution in [3.05, 3.63) is 60.9 Å². The number of rotatable bonds is 5. The fourth-order valence-electron chi connectivity index (χ4n) is 4.45. The number of para-hydroxylation sites is 2. The lowest BCUT2D eigenvalue weighted by atomic mass is 9.78. The Morgan fingerprint density at radius 2 is 1.66 bits per heavy atom. The van der Waals surface area contributed by atoms with Crippen LogP contribution < -0.4 is 4.74 Å². The number of nitrogens with zero attached hydrogens (tertiary/aromatic N) is 3. The van der Waals surface area contributed by atoms with Gasteiger partial charge in [0.15, 0.2) is 0 Å². The predicted molar refractivity (Wildman–Crippen MR) is 125 cm³/mol. The lowest BCUT2D eigenvalue weighted by Gasteiger charge is -2.35. The third-order valence-electron chi connectivity index (χ3n) is 6.42. The van der Waals surface area contributed by atoms with E-state index in [1.165, 1.54) is 0 Å². The van der Waals surface area contributed by atoms with Crippen molar-refractivity contribution < 1.29 is 9.84 Å². The van der Waals surface area contributed by atoms with E-state index in [2.05, 4.69) is 19.9 Å². The Hall–Kier alpha value is -3.25. The van der Waals surface area contributed by atoms with E-state index in [0.29, 0.717) is 11.8 Å². The number of aromatic nitrogens is 4. The van der Waals surface area contributed by atoms with Gasteiger partial charge < -0.3 is 14.8 Å². The van der Waals surface area contributed by atoms with Gasteiger partial charge in [-0.05, 0) is 75.8 Å². The number of aliphatic hydroxyl groups is 1. The fourth-order valence-corrected chi connectivity index (χ4v) is 4.45. The maximum Gasteiger partial charge on any atom is 0.213 e. The first-order valence-corrected chi connectivity index (χ1v) is 11.2. The summed E-state index contributed by atoms with van der Waals surface area (Å²) >= 11 is 0. The largest absolute Gasteiger partial charge is 0.474 e. The van der Waals surface area contributed by atoms with Gasteiger partial charge in [0.1, 0.15) is 11.9 Å². The van der Waals surface area contributed by atoms with Crippen LogP contribution in [0.4, 0.5) is 0 Å². The molecule has 1 fully saturated rings. The van der Waals surface area contributed by atoms with Gasteiger partial charge in [0.2, 0.25) is 5.88 Å². The number of nitrogens with one attached hydrogen (secondary N) is 1. The second-order valence-corrected chi connectivity index (χ2v) is 9.16. The van der Waals surface area contributed by atoms with Crippen LogP contribution in [0.25, 0.3) is 33.7 Å². The van der Waals surface area contributed by atoms with Gasteiger partial charge in [0.25, 0.3) is 0 Å². The minimum atomic E-state index is -0.613. The molecule has 1 aliphatic rings. The summed E-state index contributed by atoms with van der Waals surface area (Å²) in [7, 11) is 0. The monoisotopic (exact) mass is 428 g/mol. The molecule has 2 N–H and O–H groups in total. The molecule has 0 spiro atoms. The van der Waals surface area contributed by atoms with Crippen LogP contribution >= 0.6 is 0 Å². The van der Waals surface area contributed by atoms with Gasteiger partial charge in [-0.3, -0.25) is 4.98 Å². The number of H-pyrrole nitrogens is 1. The van der Waals surface area contributed by atoms with Gasteiger partial charge in [-0.1, -0.05) is 12.1 Å². The minimum absolute atomic E-state index is 0.160. The van der Waals surface area contributed by atoms with E-state index in [4.69, 9.17) is 4.74 Å². The zero-order valence-electron chi connectivity index (χ0n) is 18.5. The average molecular weight is 429 g/mol. The standard InChI is InChI=1S/C26H28N4O2/c1-26(2,31)19-9-11-20(12-10-19)32-24-14-8-17(15-28-24)21-13-7-18(16-27-21)25-29-22-5-3-4-6-23(22)30-25/h3-8,13-16,19-20,31H,9-12H2,1-2H3,(H,29,30). The first kappa shape index (κ1) is 20.6. The molecule has 3 heterocycles. The second kappa shape index (κ2) is 8.36. The van der Waals surface area contributed by atoms with Crippen molar-refractivity contribution in [1.82, 2.24) is 19.9 Å². The summed E-state index contributed by atoms with van der Waals surface area (Å²) in [4.78, 5) is 17.1. The van der Waals surface area contributed by atoms with Crippen molar-refractivity contribution in [3.63, 3.8) is 0 Å². The molecule has 0 bridgehead atoms. The lowest BCUT2D eigenvalue weighted by molar-refractivity contribution is -0.0156. The number of pyridine rings is 2. The third kappa shape index (κ3) is 4.36. The van der Waals surface area contributed by atoms with Crippen molar-refractivity contribution >= 4 is 11.0 Å². The molecule has 32 heavy (non-hydrogen) atoms. The van der Waals surface area contributed by atoms with Crippen molar-refractivity contribution in [3.8, 4) is 28.5 Å². The molecule has 3 aromatic heterocycles. The molecule has 1 saturated carbocycles. The Labute approximate surface area is 187 Å². The van der Waals surface area contributed by atoms with E-state index in [1.807, 2.05) is 68.6 Å². The van der Waals surface area contributed by atoms with Gasteiger partial charge in [0, 0.05) is 29.6 Å². The molecule has 6 heteroatoms. The molecule has 4 aromatic rings. The highest BCUT2D eigenvalue weighted by molar-refractivity contribution is 5.79.